The zero-order valence-electron chi connectivity index (χ0n) is 6.57. The van der Waals surface area contributed by atoms with Crippen LogP contribution in [-0.4, -0.2) is 16.3 Å². The van der Waals surface area contributed by atoms with Gasteiger partial charge < -0.3 is 0 Å². The van der Waals surface area contributed by atoms with Crippen molar-refractivity contribution in [3.05, 3.63) is 35.2 Å². The first-order valence-corrected chi connectivity index (χ1v) is 4.05. The average Bonchev–Trinajstić information content (AvgIpc) is 2.18. The molecular weight excluding hydrogens is 188 g/mol. The van der Waals surface area contributed by atoms with Gasteiger partial charge in [0.15, 0.2) is 12.1 Å². The summed E-state index contributed by atoms with van der Waals surface area (Å²) in [4.78, 5) is 18.2. The maximum absolute atomic E-state index is 10.4. The van der Waals surface area contributed by atoms with Crippen LogP contribution in [0.25, 0.3) is 10.9 Å². The molecule has 0 atom stereocenters. The molecule has 0 amide bonds. The van der Waals surface area contributed by atoms with Gasteiger partial charge in [-0.2, -0.15) is 0 Å². The summed E-state index contributed by atoms with van der Waals surface area (Å²) in [6.45, 7) is 0. The maximum Gasteiger partial charge on any atom is 0.193 e. The Kier molecular flexibility index (Phi) is 1.94. The van der Waals surface area contributed by atoms with Crippen LogP contribution in [-0.2, 0) is 0 Å². The van der Waals surface area contributed by atoms with E-state index in [1.54, 1.807) is 12.3 Å². The molecule has 0 aliphatic heterocycles. The summed E-state index contributed by atoms with van der Waals surface area (Å²) in [5, 5.41) is 1.36. The van der Waals surface area contributed by atoms with E-state index in [1.807, 2.05) is 12.1 Å². The monoisotopic (exact) mass is 192 g/mol. The van der Waals surface area contributed by atoms with Crippen LogP contribution in [0.15, 0.2) is 24.4 Å². The Morgan fingerprint density at radius 1 is 1.38 bits per heavy atom. The molecule has 0 bridgehead atoms. The first kappa shape index (κ1) is 8.13. The zero-order valence-corrected chi connectivity index (χ0v) is 7.32. The number of nitrogens with zero attached hydrogens (tertiary/aromatic N) is 2. The van der Waals surface area contributed by atoms with Crippen LogP contribution in [0.4, 0.5) is 0 Å². The quantitative estimate of drug-likeness (QED) is 0.650. The number of carbonyl (C=O) groups excluding carboxylic acids is 1. The smallest absolute Gasteiger partial charge is 0.193 e. The first-order valence-electron chi connectivity index (χ1n) is 3.68. The van der Waals surface area contributed by atoms with Crippen LogP contribution < -0.4 is 0 Å². The van der Waals surface area contributed by atoms with Crippen molar-refractivity contribution in [3.8, 4) is 0 Å². The molecule has 0 fully saturated rings. The summed E-state index contributed by atoms with van der Waals surface area (Å²) >= 11 is 5.88. The van der Waals surface area contributed by atoms with Crippen LogP contribution in [0, 0.1) is 0 Å². The van der Waals surface area contributed by atoms with Crippen molar-refractivity contribution in [2.24, 2.45) is 0 Å². The van der Waals surface area contributed by atoms with E-state index >= 15 is 0 Å². The standard InChI is InChI=1S/C9H5ClN2O/c10-7-3-1-2-6-4-11-8(5-13)12-9(6)7/h1-5H. The molecule has 0 saturated heterocycles. The third kappa shape index (κ3) is 1.38. The molecule has 4 heteroatoms. The topological polar surface area (TPSA) is 42.9 Å². The summed E-state index contributed by atoms with van der Waals surface area (Å²) in [5.41, 5.74) is 0.612. The number of halogens is 1. The van der Waals surface area contributed by atoms with Crippen LogP contribution >= 0.6 is 11.6 Å². The van der Waals surface area contributed by atoms with Crippen LogP contribution in [0.5, 0.6) is 0 Å². The Hall–Kier alpha value is -1.48. The third-order valence-electron chi connectivity index (χ3n) is 1.69. The van der Waals surface area contributed by atoms with Gasteiger partial charge in [0.2, 0.25) is 0 Å². The average molecular weight is 193 g/mol. The minimum Gasteiger partial charge on any atom is -0.294 e. The highest BCUT2D eigenvalue weighted by Crippen LogP contribution is 2.19. The lowest BCUT2D eigenvalue weighted by Crippen LogP contribution is -1.92. The predicted molar refractivity (Wildman–Crippen MR) is 49.9 cm³/mol. The van der Waals surface area contributed by atoms with Gasteiger partial charge in [0.25, 0.3) is 0 Å². The fraction of sp³-hybridized carbons (Fsp3) is 0. The number of carbonyl (C=O) groups is 1. The van der Waals surface area contributed by atoms with Gasteiger partial charge in [-0.3, -0.25) is 4.79 Å². The van der Waals surface area contributed by atoms with Crippen molar-refractivity contribution >= 4 is 28.8 Å². The molecule has 13 heavy (non-hydrogen) atoms. The number of rotatable bonds is 1. The van der Waals surface area contributed by atoms with Crippen molar-refractivity contribution < 1.29 is 4.79 Å². The Bertz CT molecular complexity index is 470. The lowest BCUT2D eigenvalue weighted by atomic mass is 10.2. The molecule has 0 radical (unpaired) electrons. The lowest BCUT2D eigenvalue weighted by Gasteiger charge is -1.98. The predicted octanol–water partition coefficient (Wildman–Crippen LogP) is 2.10. The van der Waals surface area contributed by atoms with Crippen molar-refractivity contribution in [3.63, 3.8) is 0 Å². The second-order valence-electron chi connectivity index (χ2n) is 2.52. The highest BCUT2D eigenvalue weighted by atomic mass is 35.5. The summed E-state index contributed by atoms with van der Waals surface area (Å²) in [7, 11) is 0. The van der Waals surface area contributed by atoms with Crippen molar-refractivity contribution in [1.82, 2.24) is 9.97 Å². The Labute approximate surface area is 79.4 Å². The van der Waals surface area contributed by atoms with E-state index in [1.165, 1.54) is 0 Å². The number of fused-ring (bicyclic) bond motifs is 1. The van der Waals surface area contributed by atoms with Crippen molar-refractivity contribution in [1.29, 1.82) is 0 Å². The fourth-order valence-corrected chi connectivity index (χ4v) is 1.31. The Morgan fingerprint density at radius 3 is 3.00 bits per heavy atom. The molecule has 64 valence electrons. The number of para-hydroxylation sites is 1. The van der Waals surface area contributed by atoms with E-state index in [-0.39, 0.29) is 5.82 Å². The van der Waals surface area contributed by atoms with Gasteiger partial charge in [-0.1, -0.05) is 23.7 Å². The Morgan fingerprint density at radius 2 is 2.23 bits per heavy atom. The van der Waals surface area contributed by atoms with E-state index in [0.717, 1.165) is 5.39 Å². The first-order chi connectivity index (χ1) is 6.31. The van der Waals surface area contributed by atoms with E-state index < -0.39 is 0 Å². The molecule has 0 unspecified atom stereocenters. The SMILES string of the molecule is O=Cc1ncc2cccc(Cl)c2n1. The molecule has 0 saturated carbocycles. The maximum atomic E-state index is 10.4. The summed E-state index contributed by atoms with van der Waals surface area (Å²) in [5.74, 6) is 0.153. The van der Waals surface area contributed by atoms with Gasteiger partial charge in [0.1, 0.15) is 0 Å². The summed E-state index contributed by atoms with van der Waals surface area (Å²) < 4.78 is 0. The van der Waals surface area contributed by atoms with Crippen molar-refractivity contribution in [2.45, 2.75) is 0 Å². The van der Waals surface area contributed by atoms with E-state index in [4.69, 9.17) is 11.6 Å². The number of benzene rings is 1. The van der Waals surface area contributed by atoms with Gasteiger partial charge in [-0.05, 0) is 6.07 Å². The molecule has 1 aromatic heterocycles. The van der Waals surface area contributed by atoms with Gasteiger partial charge in [-0.15, -0.1) is 0 Å². The lowest BCUT2D eigenvalue weighted by molar-refractivity contribution is 0.111. The van der Waals surface area contributed by atoms with E-state index in [0.29, 0.717) is 16.8 Å². The summed E-state index contributed by atoms with van der Waals surface area (Å²) in [6.07, 6.45) is 2.18. The minimum atomic E-state index is 0.153. The molecule has 0 aliphatic carbocycles. The molecule has 0 spiro atoms. The largest absolute Gasteiger partial charge is 0.294 e. The third-order valence-corrected chi connectivity index (χ3v) is 1.99. The van der Waals surface area contributed by atoms with Crippen LogP contribution in [0.1, 0.15) is 10.6 Å². The van der Waals surface area contributed by atoms with Crippen molar-refractivity contribution in [2.75, 3.05) is 0 Å². The van der Waals surface area contributed by atoms with E-state index in [9.17, 15) is 4.79 Å². The summed E-state index contributed by atoms with van der Waals surface area (Å²) in [6, 6.07) is 5.38. The molecule has 2 rings (SSSR count). The van der Waals surface area contributed by atoms with Gasteiger partial charge >= 0.3 is 0 Å². The van der Waals surface area contributed by atoms with Gasteiger partial charge in [0.05, 0.1) is 10.5 Å². The van der Waals surface area contributed by atoms with Crippen LogP contribution in [0.3, 0.4) is 0 Å². The Balaban J connectivity index is 2.81. The second-order valence-corrected chi connectivity index (χ2v) is 2.93. The number of hydrogen-bond donors (Lipinski definition) is 0. The number of hydrogen-bond acceptors (Lipinski definition) is 3. The second kappa shape index (κ2) is 3.11. The molecular formula is C9H5ClN2O. The number of aromatic nitrogens is 2. The highest BCUT2D eigenvalue weighted by Gasteiger charge is 2.01. The molecule has 0 N–H and O–H groups in total. The molecule has 1 heterocycles. The van der Waals surface area contributed by atoms with Gasteiger partial charge in [0, 0.05) is 11.6 Å². The van der Waals surface area contributed by atoms with Gasteiger partial charge in [-0.25, -0.2) is 9.97 Å². The molecule has 1 aromatic carbocycles. The van der Waals surface area contributed by atoms with E-state index in [2.05, 4.69) is 9.97 Å². The highest BCUT2D eigenvalue weighted by molar-refractivity contribution is 6.35. The number of aldehydes is 1. The normalized spacial score (nSPS) is 10.2. The molecule has 3 nitrogen and oxygen atoms in total. The fourth-order valence-electron chi connectivity index (χ4n) is 1.09. The molecule has 2 aromatic rings. The van der Waals surface area contributed by atoms with Crippen LogP contribution in [0.2, 0.25) is 5.02 Å². The zero-order chi connectivity index (χ0) is 9.26. The molecule has 0 aliphatic rings. The minimum absolute atomic E-state index is 0.153.